The summed E-state index contributed by atoms with van der Waals surface area (Å²) in [5.74, 6) is -0.401. The lowest BCUT2D eigenvalue weighted by molar-refractivity contribution is -0.122. The number of hydrogen-bond acceptors (Lipinski definition) is 2. The molecule has 0 aliphatic heterocycles. The van der Waals surface area contributed by atoms with Crippen LogP contribution in [-0.2, 0) is 4.79 Å². The molecule has 100 valence electrons. The van der Waals surface area contributed by atoms with Crippen LogP contribution in [0.25, 0.3) is 0 Å². The molecular formula is C14H20FNO2. The predicted molar refractivity (Wildman–Crippen MR) is 68.6 cm³/mol. The average molecular weight is 253 g/mol. The van der Waals surface area contributed by atoms with E-state index in [2.05, 4.69) is 5.32 Å². The van der Waals surface area contributed by atoms with E-state index in [0.29, 0.717) is 12.0 Å². The molecule has 0 radical (unpaired) electrons. The number of aryl methyl sites for hydroxylation is 1. The molecule has 0 heterocycles. The number of benzene rings is 1. The molecule has 0 fully saturated rings. The van der Waals surface area contributed by atoms with E-state index >= 15 is 0 Å². The summed E-state index contributed by atoms with van der Waals surface area (Å²) in [6.07, 6.45) is 0.222. The molecule has 4 heteroatoms. The molecule has 1 aromatic carbocycles. The molecule has 2 unspecified atom stereocenters. The van der Waals surface area contributed by atoms with Gasteiger partial charge in [-0.2, -0.15) is 0 Å². The van der Waals surface area contributed by atoms with Gasteiger partial charge in [-0.25, -0.2) is 4.39 Å². The number of carbonyl (C=O) groups excluding carboxylic acids is 1. The highest BCUT2D eigenvalue weighted by Crippen LogP contribution is 2.16. The molecule has 1 aromatic rings. The first-order valence-corrected chi connectivity index (χ1v) is 6.13. The molecule has 1 amide bonds. The van der Waals surface area contributed by atoms with Crippen molar-refractivity contribution in [3.8, 4) is 0 Å². The Balaban J connectivity index is 2.56. The van der Waals surface area contributed by atoms with Gasteiger partial charge in [0.1, 0.15) is 5.82 Å². The number of aliphatic hydroxyl groups is 1. The highest BCUT2D eigenvalue weighted by atomic mass is 19.1. The third-order valence-electron chi connectivity index (χ3n) is 2.86. The minimum Gasteiger partial charge on any atom is -0.393 e. The van der Waals surface area contributed by atoms with Crippen LogP contribution in [0.5, 0.6) is 0 Å². The smallest absolute Gasteiger partial charge is 0.220 e. The molecule has 0 aliphatic carbocycles. The number of aliphatic hydroxyl groups excluding tert-OH is 1. The predicted octanol–water partition coefficient (Wildman–Crippen LogP) is 2.47. The van der Waals surface area contributed by atoms with Gasteiger partial charge in [0.2, 0.25) is 5.91 Å². The summed E-state index contributed by atoms with van der Waals surface area (Å²) < 4.78 is 13.4. The minimum absolute atomic E-state index is 0.135. The number of carbonyl (C=O) groups is 1. The summed E-state index contributed by atoms with van der Waals surface area (Å²) in [7, 11) is 0. The van der Waals surface area contributed by atoms with Crippen LogP contribution in [0.2, 0.25) is 0 Å². The summed E-state index contributed by atoms with van der Waals surface area (Å²) in [5.41, 5.74) is 1.33. The van der Waals surface area contributed by atoms with Crippen LogP contribution in [0.1, 0.15) is 43.9 Å². The van der Waals surface area contributed by atoms with Crippen LogP contribution in [0, 0.1) is 12.7 Å². The van der Waals surface area contributed by atoms with Crippen LogP contribution >= 0.6 is 0 Å². The number of hydrogen-bond donors (Lipinski definition) is 2. The largest absolute Gasteiger partial charge is 0.393 e. The fourth-order valence-electron chi connectivity index (χ4n) is 1.62. The van der Waals surface area contributed by atoms with Crippen molar-refractivity contribution in [1.29, 1.82) is 0 Å². The molecule has 18 heavy (non-hydrogen) atoms. The van der Waals surface area contributed by atoms with Gasteiger partial charge in [0.15, 0.2) is 0 Å². The van der Waals surface area contributed by atoms with E-state index in [-0.39, 0.29) is 24.2 Å². The lowest BCUT2D eigenvalue weighted by Crippen LogP contribution is -2.27. The second-order valence-electron chi connectivity index (χ2n) is 4.69. The van der Waals surface area contributed by atoms with E-state index in [1.54, 1.807) is 26.0 Å². The van der Waals surface area contributed by atoms with E-state index in [4.69, 9.17) is 5.11 Å². The lowest BCUT2D eigenvalue weighted by atomic mass is 10.1. The van der Waals surface area contributed by atoms with Gasteiger partial charge < -0.3 is 10.4 Å². The first-order chi connectivity index (χ1) is 8.40. The first kappa shape index (κ1) is 14.6. The fraction of sp³-hybridized carbons (Fsp3) is 0.500. The number of amides is 1. The molecule has 0 bridgehead atoms. The second kappa shape index (κ2) is 6.50. The highest BCUT2D eigenvalue weighted by molar-refractivity contribution is 5.76. The van der Waals surface area contributed by atoms with Gasteiger partial charge in [0, 0.05) is 6.42 Å². The molecule has 0 spiro atoms. The van der Waals surface area contributed by atoms with Crippen LogP contribution in [0.3, 0.4) is 0 Å². The molecule has 2 atom stereocenters. The van der Waals surface area contributed by atoms with Gasteiger partial charge in [0.25, 0.3) is 0 Å². The van der Waals surface area contributed by atoms with Crippen molar-refractivity contribution in [3.05, 3.63) is 35.1 Å². The van der Waals surface area contributed by atoms with Crippen LogP contribution in [0.15, 0.2) is 18.2 Å². The van der Waals surface area contributed by atoms with Crippen molar-refractivity contribution in [2.75, 3.05) is 0 Å². The van der Waals surface area contributed by atoms with Crippen LogP contribution in [0.4, 0.5) is 4.39 Å². The Morgan fingerprint density at radius 3 is 2.67 bits per heavy atom. The van der Waals surface area contributed by atoms with Gasteiger partial charge in [-0.15, -0.1) is 0 Å². The van der Waals surface area contributed by atoms with Crippen LogP contribution < -0.4 is 5.32 Å². The zero-order chi connectivity index (χ0) is 13.7. The molecule has 0 aliphatic rings. The summed E-state index contributed by atoms with van der Waals surface area (Å²) in [6.45, 7) is 5.15. The Kier molecular flexibility index (Phi) is 5.28. The second-order valence-corrected chi connectivity index (χ2v) is 4.69. The number of rotatable bonds is 5. The summed E-state index contributed by atoms with van der Waals surface area (Å²) in [5, 5.41) is 11.9. The highest BCUT2D eigenvalue weighted by Gasteiger charge is 2.11. The third-order valence-corrected chi connectivity index (χ3v) is 2.86. The molecule has 1 rings (SSSR count). The average Bonchev–Trinajstić information content (AvgIpc) is 2.30. The van der Waals surface area contributed by atoms with E-state index in [1.165, 1.54) is 6.07 Å². The summed E-state index contributed by atoms with van der Waals surface area (Å²) >= 11 is 0. The van der Waals surface area contributed by atoms with Crippen molar-refractivity contribution in [2.45, 2.75) is 45.8 Å². The molecule has 0 saturated carbocycles. The minimum atomic E-state index is -0.483. The van der Waals surface area contributed by atoms with Crippen molar-refractivity contribution < 1.29 is 14.3 Å². The number of halogens is 1. The molecule has 2 N–H and O–H groups in total. The maximum absolute atomic E-state index is 13.4. The van der Waals surface area contributed by atoms with Crippen molar-refractivity contribution in [1.82, 2.24) is 5.32 Å². The maximum Gasteiger partial charge on any atom is 0.220 e. The maximum atomic E-state index is 13.4. The SMILES string of the molecule is Cc1ccc(C(C)NC(=O)CCC(C)O)cc1F. The number of nitrogens with one attached hydrogen (secondary N) is 1. The Hall–Kier alpha value is -1.42. The van der Waals surface area contributed by atoms with Crippen LogP contribution in [-0.4, -0.2) is 17.1 Å². The van der Waals surface area contributed by atoms with Gasteiger partial charge >= 0.3 is 0 Å². The van der Waals surface area contributed by atoms with Crippen molar-refractivity contribution >= 4 is 5.91 Å². The molecular weight excluding hydrogens is 233 g/mol. The fourth-order valence-corrected chi connectivity index (χ4v) is 1.62. The molecule has 3 nitrogen and oxygen atoms in total. The summed E-state index contributed by atoms with van der Waals surface area (Å²) in [6, 6.07) is 4.71. The Bertz CT molecular complexity index is 418. The van der Waals surface area contributed by atoms with Gasteiger partial charge in [0.05, 0.1) is 12.1 Å². The zero-order valence-corrected chi connectivity index (χ0v) is 11.0. The van der Waals surface area contributed by atoms with Crippen molar-refractivity contribution in [2.24, 2.45) is 0 Å². The van der Waals surface area contributed by atoms with Gasteiger partial charge in [-0.3, -0.25) is 4.79 Å². The summed E-state index contributed by atoms with van der Waals surface area (Å²) in [4.78, 5) is 11.6. The third kappa shape index (κ3) is 4.45. The lowest BCUT2D eigenvalue weighted by Gasteiger charge is -2.15. The van der Waals surface area contributed by atoms with Crippen molar-refractivity contribution in [3.63, 3.8) is 0 Å². The quantitative estimate of drug-likeness (QED) is 0.847. The van der Waals surface area contributed by atoms with Gasteiger partial charge in [-0.1, -0.05) is 12.1 Å². The normalized spacial score (nSPS) is 14.1. The monoisotopic (exact) mass is 253 g/mol. The molecule has 0 saturated heterocycles. The Labute approximate surface area is 107 Å². The van der Waals surface area contributed by atoms with E-state index in [1.807, 2.05) is 6.92 Å². The molecule has 0 aromatic heterocycles. The standard InChI is InChI=1S/C14H20FNO2/c1-9-4-6-12(8-13(9)15)11(3)16-14(18)7-5-10(2)17/h4,6,8,10-11,17H,5,7H2,1-3H3,(H,16,18). The Morgan fingerprint density at radius 2 is 2.11 bits per heavy atom. The van der Waals surface area contributed by atoms with E-state index in [9.17, 15) is 9.18 Å². The zero-order valence-electron chi connectivity index (χ0n) is 11.0. The topological polar surface area (TPSA) is 49.3 Å². The van der Waals surface area contributed by atoms with E-state index in [0.717, 1.165) is 5.56 Å². The van der Waals surface area contributed by atoms with Gasteiger partial charge in [-0.05, 0) is 44.4 Å². The first-order valence-electron chi connectivity index (χ1n) is 6.13. The van der Waals surface area contributed by atoms with E-state index < -0.39 is 6.10 Å². The Morgan fingerprint density at radius 1 is 1.44 bits per heavy atom.